The number of carbonyl (C=O) groups is 1. The van der Waals surface area contributed by atoms with E-state index in [0.717, 1.165) is 11.1 Å². The minimum atomic E-state index is -0.733. The lowest BCUT2D eigenvalue weighted by Gasteiger charge is -2.08. The molecule has 0 aliphatic rings. The summed E-state index contributed by atoms with van der Waals surface area (Å²) >= 11 is 0. The first kappa shape index (κ1) is 9.78. The molecule has 0 bridgehead atoms. The molecule has 0 heterocycles. The summed E-state index contributed by atoms with van der Waals surface area (Å²) in [6.07, 6.45) is 0.613. The van der Waals surface area contributed by atoms with Crippen LogP contribution in [-0.2, 0) is 11.2 Å². The Hall–Kier alpha value is -1.31. The second-order valence-corrected chi connectivity index (χ2v) is 3.37. The van der Waals surface area contributed by atoms with Crippen LogP contribution in [0.15, 0.2) is 24.3 Å². The van der Waals surface area contributed by atoms with E-state index in [1.54, 1.807) is 6.92 Å². The zero-order valence-electron chi connectivity index (χ0n) is 7.95. The van der Waals surface area contributed by atoms with Crippen molar-refractivity contribution in [3.8, 4) is 0 Å². The van der Waals surface area contributed by atoms with Gasteiger partial charge in [-0.05, 0) is 24.5 Å². The molecule has 2 nitrogen and oxygen atoms in total. The maximum Gasteiger partial charge on any atom is 0.306 e. The molecule has 13 heavy (non-hydrogen) atoms. The third kappa shape index (κ3) is 2.58. The summed E-state index contributed by atoms with van der Waals surface area (Å²) in [5.41, 5.74) is 2.29. The molecule has 0 aliphatic carbocycles. The van der Waals surface area contributed by atoms with Gasteiger partial charge in [0.1, 0.15) is 0 Å². The number of carboxylic acids is 1. The zero-order valence-corrected chi connectivity index (χ0v) is 7.95. The highest BCUT2D eigenvalue weighted by molar-refractivity contribution is 5.69. The fraction of sp³-hybridized carbons (Fsp3) is 0.364. The maximum absolute atomic E-state index is 10.6. The van der Waals surface area contributed by atoms with Gasteiger partial charge in [0.15, 0.2) is 0 Å². The van der Waals surface area contributed by atoms with Gasteiger partial charge >= 0.3 is 5.97 Å². The molecule has 0 spiro atoms. The van der Waals surface area contributed by atoms with Crippen LogP contribution in [0, 0.1) is 12.8 Å². The van der Waals surface area contributed by atoms with E-state index in [-0.39, 0.29) is 5.92 Å². The van der Waals surface area contributed by atoms with Crippen LogP contribution in [0.2, 0.25) is 0 Å². The van der Waals surface area contributed by atoms with Gasteiger partial charge in [0.05, 0.1) is 5.92 Å². The first-order valence-electron chi connectivity index (χ1n) is 4.38. The molecule has 0 fully saturated rings. The van der Waals surface area contributed by atoms with E-state index in [4.69, 9.17) is 5.11 Å². The molecule has 0 saturated heterocycles. The van der Waals surface area contributed by atoms with Crippen LogP contribution in [0.4, 0.5) is 0 Å². The van der Waals surface area contributed by atoms with E-state index in [1.807, 2.05) is 31.2 Å². The lowest BCUT2D eigenvalue weighted by atomic mass is 9.98. The summed E-state index contributed by atoms with van der Waals surface area (Å²) in [5.74, 6) is -1.04. The van der Waals surface area contributed by atoms with Crippen LogP contribution >= 0.6 is 0 Å². The minimum absolute atomic E-state index is 0.305. The predicted molar refractivity (Wildman–Crippen MR) is 51.7 cm³/mol. The number of aliphatic carboxylic acids is 1. The van der Waals surface area contributed by atoms with Crippen LogP contribution in [0.1, 0.15) is 18.1 Å². The first-order valence-corrected chi connectivity index (χ1v) is 4.38. The van der Waals surface area contributed by atoms with Gasteiger partial charge in [-0.2, -0.15) is 0 Å². The monoisotopic (exact) mass is 178 g/mol. The van der Waals surface area contributed by atoms with Gasteiger partial charge in [-0.15, -0.1) is 0 Å². The lowest BCUT2D eigenvalue weighted by molar-refractivity contribution is -0.141. The summed E-state index contributed by atoms with van der Waals surface area (Å²) in [5, 5.41) is 8.73. The van der Waals surface area contributed by atoms with Gasteiger partial charge in [0.25, 0.3) is 0 Å². The van der Waals surface area contributed by atoms with E-state index in [2.05, 4.69) is 0 Å². The van der Waals surface area contributed by atoms with E-state index in [9.17, 15) is 4.79 Å². The SMILES string of the molecule is Cc1ccccc1C[C@H](C)C(=O)O. The fourth-order valence-electron chi connectivity index (χ4n) is 1.26. The molecule has 2 heteroatoms. The van der Waals surface area contributed by atoms with Gasteiger partial charge < -0.3 is 5.11 Å². The zero-order chi connectivity index (χ0) is 9.84. The maximum atomic E-state index is 10.6. The van der Waals surface area contributed by atoms with Crippen molar-refractivity contribution in [2.45, 2.75) is 20.3 Å². The van der Waals surface area contributed by atoms with Gasteiger partial charge in [0.2, 0.25) is 0 Å². The van der Waals surface area contributed by atoms with Crippen LogP contribution in [0.3, 0.4) is 0 Å². The highest BCUT2D eigenvalue weighted by Gasteiger charge is 2.11. The Morgan fingerprint density at radius 1 is 1.46 bits per heavy atom. The Morgan fingerprint density at radius 3 is 2.62 bits per heavy atom. The number of benzene rings is 1. The fourth-order valence-corrected chi connectivity index (χ4v) is 1.26. The Morgan fingerprint density at radius 2 is 2.08 bits per heavy atom. The smallest absolute Gasteiger partial charge is 0.306 e. The molecule has 0 aromatic heterocycles. The van der Waals surface area contributed by atoms with Crippen LogP contribution in [0.25, 0.3) is 0 Å². The summed E-state index contributed by atoms with van der Waals surface area (Å²) in [4.78, 5) is 10.6. The Bertz CT molecular complexity index is 305. The number of aryl methyl sites for hydroxylation is 1. The molecule has 0 radical (unpaired) electrons. The molecular formula is C11H14O2. The average Bonchev–Trinajstić information content (AvgIpc) is 2.08. The largest absolute Gasteiger partial charge is 0.481 e. The third-order valence-electron chi connectivity index (χ3n) is 2.21. The first-order chi connectivity index (χ1) is 6.11. The normalized spacial score (nSPS) is 12.5. The second kappa shape index (κ2) is 4.08. The average molecular weight is 178 g/mol. The van der Waals surface area contributed by atoms with Crippen molar-refractivity contribution in [3.63, 3.8) is 0 Å². The lowest BCUT2D eigenvalue weighted by Crippen LogP contribution is -2.12. The van der Waals surface area contributed by atoms with Gasteiger partial charge in [-0.3, -0.25) is 4.79 Å². The van der Waals surface area contributed by atoms with E-state index in [0.29, 0.717) is 6.42 Å². The number of carboxylic acid groups (broad SMARTS) is 1. The van der Waals surface area contributed by atoms with Gasteiger partial charge in [-0.1, -0.05) is 31.2 Å². The molecular weight excluding hydrogens is 164 g/mol. The quantitative estimate of drug-likeness (QED) is 0.770. The van der Waals surface area contributed by atoms with Crippen molar-refractivity contribution in [2.24, 2.45) is 5.92 Å². The number of hydrogen-bond donors (Lipinski definition) is 1. The third-order valence-corrected chi connectivity index (χ3v) is 2.21. The van der Waals surface area contributed by atoms with E-state index >= 15 is 0 Å². The van der Waals surface area contributed by atoms with Crippen molar-refractivity contribution in [2.75, 3.05) is 0 Å². The number of hydrogen-bond acceptors (Lipinski definition) is 1. The molecule has 1 aromatic carbocycles. The molecule has 70 valence electrons. The van der Waals surface area contributed by atoms with Crippen LogP contribution in [0.5, 0.6) is 0 Å². The Kier molecular flexibility index (Phi) is 3.07. The molecule has 0 amide bonds. The Labute approximate surface area is 78.2 Å². The van der Waals surface area contributed by atoms with E-state index in [1.165, 1.54) is 0 Å². The summed E-state index contributed by atoms with van der Waals surface area (Å²) in [6.45, 7) is 3.73. The van der Waals surface area contributed by atoms with Gasteiger partial charge in [0, 0.05) is 0 Å². The predicted octanol–water partition coefficient (Wildman–Crippen LogP) is 2.26. The van der Waals surface area contributed by atoms with Gasteiger partial charge in [-0.25, -0.2) is 0 Å². The number of rotatable bonds is 3. The highest BCUT2D eigenvalue weighted by Crippen LogP contribution is 2.12. The topological polar surface area (TPSA) is 37.3 Å². The molecule has 1 N–H and O–H groups in total. The van der Waals surface area contributed by atoms with Crippen LogP contribution in [-0.4, -0.2) is 11.1 Å². The van der Waals surface area contributed by atoms with Crippen LogP contribution < -0.4 is 0 Å². The summed E-state index contributed by atoms with van der Waals surface area (Å²) in [7, 11) is 0. The second-order valence-electron chi connectivity index (χ2n) is 3.37. The minimum Gasteiger partial charge on any atom is -0.481 e. The van der Waals surface area contributed by atoms with Crippen molar-refractivity contribution in [1.82, 2.24) is 0 Å². The highest BCUT2D eigenvalue weighted by atomic mass is 16.4. The van der Waals surface area contributed by atoms with Crippen molar-refractivity contribution >= 4 is 5.97 Å². The van der Waals surface area contributed by atoms with Crippen molar-refractivity contribution < 1.29 is 9.90 Å². The molecule has 0 saturated carbocycles. The molecule has 0 unspecified atom stereocenters. The molecule has 1 aromatic rings. The molecule has 0 aliphatic heterocycles. The van der Waals surface area contributed by atoms with E-state index < -0.39 is 5.97 Å². The Balaban J connectivity index is 2.74. The molecule has 1 rings (SSSR count). The summed E-state index contributed by atoms with van der Waals surface area (Å²) in [6, 6.07) is 7.89. The molecule has 1 atom stereocenters. The van der Waals surface area contributed by atoms with Crippen molar-refractivity contribution in [3.05, 3.63) is 35.4 Å². The summed E-state index contributed by atoms with van der Waals surface area (Å²) < 4.78 is 0. The van der Waals surface area contributed by atoms with Crippen molar-refractivity contribution in [1.29, 1.82) is 0 Å². The standard InChI is InChI=1S/C11H14O2/c1-8-5-3-4-6-10(8)7-9(2)11(12)13/h3-6,9H,7H2,1-2H3,(H,12,13)/t9-/m0/s1.